The van der Waals surface area contributed by atoms with Crippen molar-refractivity contribution in [3.63, 3.8) is 0 Å². The summed E-state index contributed by atoms with van der Waals surface area (Å²) in [4.78, 5) is 0. The Hall–Kier alpha value is -1.42. The minimum Gasteiger partial charge on any atom is -0.388 e. The highest BCUT2D eigenvalue weighted by Gasteiger charge is 2.23. The van der Waals surface area contributed by atoms with Crippen LogP contribution >= 0.6 is 11.6 Å². The summed E-state index contributed by atoms with van der Waals surface area (Å²) in [5.41, 5.74) is 8.30. The van der Waals surface area contributed by atoms with Crippen molar-refractivity contribution in [1.29, 1.82) is 0 Å². The molecular weight excluding hydrogens is 277 g/mol. The van der Waals surface area contributed by atoms with Gasteiger partial charge in [-0.2, -0.15) is 0 Å². The van der Waals surface area contributed by atoms with Crippen LogP contribution in [0.1, 0.15) is 28.7 Å². The van der Waals surface area contributed by atoms with Crippen molar-refractivity contribution < 1.29 is 9.50 Å². The molecule has 2 nitrogen and oxygen atoms in total. The van der Waals surface area contributed by atoms with Gasteiger partial charge < -0.3 is 10.8 Å². The second-order valence-electron chi connectivity index (χ2n) is 4.82. The molecule has 0 fully saturated rings. The summed E-state index contributed by atoms with van der Waals surface area (Å²) in [6.07, 6.45) is -0.868. The summed E-state index contributed by atoms with van der Waals surface area (Å²) in [6, 6.07) is 12.1. The molecule has 2 rings (SSSR count). The molecule has 0 aliphatic heterocycles. The molecule has 0 bridgehead atoms. The second-order valence-corrected chi connectivity index (χ2v) is 5.22. The Labute approximate surface area is 123 Å². The Balaban J connectivity index is 2.36. The quantitative estimate of drug-likeness (QED) is 0.905. The van der Waals surface area contributed by atoms with Gasteiger partial charge in [-0.1, -0.05) is 41.9 Å². The van der Waals surface area contributed by atoms with E-state index < -0.39 is 11.9 Å². The summed E-state index contributed by atoms with van der Waals surface area (Å²) in [5.74, 6) is -0.819. The number of nitrogens with two attached hydrogens (primary N) is 1. The number of rotatable bonds is 4. The van der Waals surface area contributed by atoms with Crippen molar-refractivity contribution in [2.75, 3.05) is 6.54 Å². The Bertz CT molecular complexity index is 603. The summed E-state index contributed by atoms with van der Waals surface area (Å²) < 4.78 is 13.5. The zero-order valence-electron chi connectivity index (χ0n) is 11.2. The van der Waals surface area contributed by atoms with E-state index in [1.807, 2.05) is 31.2 Å². The lowest BCUT2D eigenvalue weighted by molar-refractivity contribution is 0.147. The highest BCUT2D eigenvalue weighted by Crippen LogP contribution is 2.33. The van der Waals surface area contributed by atoms with Gasteiger partial charge in [-0.15, -0.1) is 0 Å². The summed E-state index contributed by atoms with van der Waals surface area (Å²) in [7, 11) is 0. The van der Waals surface area contributed by atoms with Crippen LogP contribution in [-0.2, 0) is 0 Å². The third-order valence-electron chi connectivity index (χ3n) is 3.51. The van der Waals surface area contributed by atoms with Crippen LogP contribution in [0.5, 0.6) is 0 Å². The Morgan fingerprint density at radius 2 is 1.95 bits per heavy atom. The molecule has 4 heteroatoms. The van der Waals surface area contributed by atoms with Crippen LogP contribution in [0.15, 0.2) is 42.5 Å². The van der Waals surface area contributed by atoms with Gasteiger partial charge in [0.25, 0.3) is 0 Å². The predicted molar refractivity (Wildman–Crippen MR) is 79.3 cm³/mol. The Morgan fingerprint density at radius 3 is 2.55 bits per heavy atom. The van der Waals surface area contributed by atoms with E-state index in [1.54, 1.807) is 6.07 Å². The van der Waals surface area contributed by atoms with Gasteiger partial charge in [0, 0.05) is 12.5 Å². The van der Waals surface area contributed by atoms with Crippen molar-refractivity contribution >= 4 is 11.6 Å². The lowest BCUT2D eigenvalue weighted by Gasteiger charge is -2.24. The maximum absolute atomic E-state index is 13.5. The highest BCUT2D eigenvalue weighted by atomic mass is 35.5. The molecule has 3 N–H and O–H groups in total. The number of hydrogen-bond acceptors (Lipinski definition) is 2. The van der Waals surface area contributed by atoms with E-state index >= 15 is 0 Å². The van der Waals surface area contributed by atoms with Crippen LogP contribution in [0.3, 0.4) is 0 Å². The maximum atomic E-state index is 13.5. The number of aliphatic hydroxyl groups excluding tert-OH is 1. The third kappa shape index (κ3) is 3.01. The number of benzene rings is 2. The van der Waals surface area contributed by atoms with Gasteiger partial charge >= 0.3 is 0 Å². The SMILES string of the molecule is Cc1ccccc1C(CN)C(O)c1ccc(Cl)c(F)c1. The summed E-state index contributed by atoms with van der Waals surface area (Å²) >= 11 is 5.66. The van der Waals surface area contributed by atoms with Gasteiger partial charge in [-0.25, -0.2) is 4.39 Å². The Morgan fingerprint density at radius 1 is 1.25 bits per heavy atom. The van der Waals surface area contributed by atoms with Crippen LogP contribution in [0.25, 0.3) is 0 Å². The summed E-state index contributed by atoms with van der Waals surface area (Å²) in [5, 5.41) is 10.5. The maximum Gasteiger partial charge on any atom is 0.142 e. The normalized spacial score (nSPS) is 14.1. The molecule has 0 heterocycles. The lowest BCUT2D eigenvalue weighted by Crippen LogP contribution is -2.21. The molecule has 106 valence electrons. The second kappa shape index (κ2) is 6.35. The molecule has 2 atom stereocenters. The smallest absolute Gasteiger partial charge is 0.142 e. The van der Waals surface area contributed by atoms with E-state index in [1.165, 1.54) is 12.1 Å². The molecular formula is C16H17ClFNO. The van der Waals surface area contributed by atoms with E-state index in [9.17, 15) is 9.50 Å². The minimum atomic E-state index is -0.868. The van der Waals surface area contributed by atoms with Gasteiger partial charge in [0.1, 0.15) is 5.82 Å². The molecule has 2 unspecified atom stereocenters. The van der Waals surface area contributed by atoms with Crippen LogP contribution in [0, 0.1) is 12.7 Å². The van der Waals surface area contributed by atoms with Gasteiger partial charge in [0.05, 0.1) is 11.1 Å². The van der Waals surface area contributed by atoms with Crippen LogP contribution in [-0.4, -0.2) is 11.7 Å². The monoisotopic (exact) mass is 293 g/mol. The van der Waals surface area contributed by atoms with Crippen molar-refractivity contribution in [3.05, 3.63) is 70.0 Å². The average molecular weight is 294 g/mol. The third-order valence-corrected chi connectivity index (χ3v) is 3.81. The zero-order chi connectivity index (χ0) is 14.7. The first kappa shape index (κ1) is 15.0. The molecule has 0 saturated carbocycles. The molecule has 2 aromatic carbocycles. The molecule has 0 radical (unpaired) electrons. The van der Waals surface area contributed by atoms with Crippen LogP contribution < -0.4 is 5.73 Å². The standard InChI is InChI=1S/C16H17ClFNO/c1-10-4-2-3-5-12(10)13(9-19)16(20)11-6-7-14(17)15(18)8-11/h2-8,13,16,20H,9,19H2,1H3. The van der Waals surface area contributed by atoms with E-state index in [0.717, 1.165) is 11.1 Å². The number of hydrogen-bond donors (Lipinski definition) is 2. The fourth-order valence-electron chi connectivity index (χ4n) is 2.36. The van der Waals surface area contributed by atoms with Crippen molar-refractivity contribution in [1.82, 2.24) is 0 Å². The topological polar surface area (TPSA) is 46.2 Å². The van der Waals surface area contributed by atoms with Crippen molar-refractivity contribution in [2.24, 2.45) is 5.73 Å². The molecule has 0 saturated heterocycles. The highest BCUT2D eigenvalue weighted by molar-refractivity contribution is 6.30. The zero-order valence-corrected chi connectivity index (χ0v) is 11.9. The first-order chi connectivity index (χ1) is 9.54. The molecule has 2 aromatic rings. The van der Waals surface area contributed by atoms with Gasteiger partial charge in [0.2, 0.25) is 0 Å². The average Bonchev–Trinajstić information content (AvgIpc) is 2.44. The van der Waals surface area contributed by atoms with Crippen molar-refractivity contribution in [2.45, 2.75) is 18.9 Å². The summed E-state index contributed by atoms with van der Waals surface area (Å²) in [6.45, 7) is 2.24. The van der Waals surface area contributed by atoms with Crippen LogP contribution in [0.2, 0.25) is 5.02 Å². The van der Waals surface area contributed by atoms with Crippen LogP contribution in [0.4, 0.5) is 4.39 Å². The number of aliphatic hydroxyl groups is 1. The number of halogens is 2. The van der Waals surface area contributed by atoms with E-state index in [2.05, 4.69) is 0 Å². The molecule has 0 amide bonds. The van der Waals surface area contributed by atoms with Gasteiger partial charge in [-0.3, -0.25) is 0 Å². The Kier molecular flexibility index (Phi) is 4.76. The lowest BCUT2D eigenvalue weighted by atomic mass is 9.87. The largest absolute Gasteiger partial charge is 0.388 e. The van der Waals surface area contributed by atoms with Gasteiger partial charge in [0.15, 0.2) is 0 Å². The number of aryl methyl sites for hydroxylation is 1. The first-order valence-electron chi connectivity index (χ1n) is 6.43. The molecule has 0 aliphatic carbocycles. The van der Waals surface area contributed by atoms with Crippen molar-refractivity contribution in [3.8, 4) is 0 Å². The van der Waals surface area contributed by atoms with E-state index in [4.69, 9.17) is 17.3 Å². The fourth-order valence-corrected chi connectivity index (χ4v) is 2.47. The fraction of sp³-hybridized carbons (Fsp3) is 0.250. The predicted octanol–water partition coefficient (Wildman–Crippen LogP) is 3.56. The van der Waals surface area contributed by atoms with E-state index in [-0.39, 0.29) is 17.5 Å². The minimum absolute atomic E-state index is 0.0427. The molecule has 0 spiro atoms. The molecule has 0 aromatic heterocycles. The first-order valence-corrected chi connectivity index (χ1v) is 6.81. The van der Waals surface area contributed by atoms with Gasteiger partial charge in [-0.05, 0) is 35.7 Å². The molecule has 20 heavy (non-hydrogen) atoms. The molecule has 0 aliphatic rings. The van der Waals surface area contributed by atoms with E-state index in [0.29, 0.717) is 5.56 Å².